The third-order valence-corrected chi connectivity index (χ3v) is 4.68. The topological polar surface area (TPSA) is 107 Å². The van der Waals surface area contributed by atoms with Gasteiger partial charge in [-0.15, -0.1) is 0 Å². The van der Waals surface area contributed by atoms with Crippen LogP contribution in [-0.2, 0) is 9.53 Å². The summed E-state index contributed by atoms with van der Waals surface area (Å²) in [6, 6.07) is 15.4. The first-order valence-electron chi connectivity index (χ1n) is 8.72. The first-order chi connectivity index (χ1) is 12.6. The molecule has 6 nitrogen and oxygen atoms in total. The molecule has 26 heavy (non-hydrogen) atoms. The van der Waals surface area contributed by atoms with Crippen molar-refractivity contribution in [1.82, 2.24) is 5.32 Å². The molecule has 1 aliphatic carbocycles. The van der Waals surface area contributed by atoms with Gasteiger partial charge in [0.25, 0.3) is 0 Å². The summed E-state index contributed by atoms with van der Waals surface area (Å²) in [7, 11) is 0. The van der Waals surface area contributed by atoms with Crippen molar-refractivity contribution >= 4 is 12.0 Å². The SMILES string of the molecule is NCCCC(NC(=O)OCC1c2ccccc2-c2ccccc21)C(N)=O. The number of amides is 2. The molecule has 5 N–H and O–H groups in total. The fourth-order valence-electron chi connectivity index (χ4n) is 3.39. The van der Waals surface area contributed by atoms with Crippen LogP contribution in [0.5, 0.6) is 0 Å². The van der Waals surface area contributed by atoms with Gasteiger partial charge in [0, 0.05) is 5.92 Å². The van der Waals surface area contributed by atoms with Crippen LogP contribution in [0.15, 0.2) is 48.5 Å². The molecule has 0 saturated carbocycles. The summed E-state index contributed by atoms with van der Waals surface area (Å²) in [4.78, 5) is 23.6. The maximum atomic E-state index is 12.1. The zero-order chi connectivity index (χ0) is 18.5. The van der Waals surface area contributed by atoms with Gasteiger partial charge in [0.1, 0.15) is 12.6 Å². The minimum Gasteiger partial charge on any atom is -0.449 e. The Morgan fingerprint density at radius 3 is 2.15 bits per heavy atom. The molecule has 0 aromatic heterocycles. The number of carbonyl (C=O) groups is 2. The molecule has 3 rings (SSSR count). The molecule has 0 aliphatic heterocycles. The van der Waals surface area contributed by atoms with Crippen LogP contribution in [0.1, 0.15) is 29.9 Å². The second kappa shape index (κ2) is 8.01. The predicted octanol–water partition coefficient (Wildman–Crippen LogP) is 2.12. The van der Waals surface area contributed by atoms with Gasteiger partial charge in [-0.3, -0.25) is 4.79 Å². The first kappa shape index (κ1) is 17.9. The highest BCUT2D eigenvalue weighted by molar-refractivity contribution is 5.84. The highest BCUT2D eigenvalue weighted by Gasteiger charge is 2.29. The Morgan fingerprint density at radius 1 is 1.04 bits per heavy atom. The number of carbonyl (C=O) groups excluding carboxylic acids is 2. The molecule has 0 bridgehead atoms. The number of hydrogen-bond donors (Lipinski definition) is 3. The minimum absolute atomic E-state index is 0.0239. The van der Waals surface area contributed by atoms with E-state index in [4.69, 9.17) is 16.2 Å². The lowest BCUT2D eigenvalue weighted by Crippen LogP contribution is -2.45. The van der Waals surface area contributed by atoms with E-state index in [0.717, 1.165) is 22.3 Å². The van der Waals surface area contributed by atoms with E-state index in [2.05, 4.69) is 29.6 Å². The molecule has 1 atom stereocenters. The number of fused-ring (bicyclic) bond motifs is 3. The minimum atomic E-state index is -0.769. The molecule has 6 heteroatoms. The van der Waals surface area contributed by atoms with Gasteiger partial charge in [0.2, 0.25) is 5.91 Å². The molecule has 0 spiro atoms. The Balaban J connectivity index is 1.68. The molecule has 2 aromatic rings. The Kier molecular flexibility index (Phi) is 5.53. The van der Waals surface area contributed by atoms with Crippen molar-refractivity contribution in [2.24, 2.45) is 11.5 Å². The van der Waals surface area contributed by atoms with Crippen molar-refractivity contribution < 1.29 is 14.3 Å². The third kappa shape index (κ3) is 3.70. The Bertz CT molecular complexity index is 761. The number of ether oxygens (including phenoxy) is 1. The van der Waals surface area contributed by atoms with Crippen LogP contribution >= 0.6 is 0 Å². The van der Waals surface area contributed by atoms with Crippen molar-refractivity contribution in [3.63, 3.8) is 0 Å². The van der Waals surface area contributed by atoms with Crippen LogP contribution in [-0.4, -0.2) is 31.2 Å². The molecule has 1 aliphatic rings. The molecule has 136 valence electrons. The van der Waals surface area contributed by atoms with Crippen molar-refractivity contribution in [3.05, 3.63) is 59.7 Å². The average molecular weight is 353 g/mol. The van der Waals surface area contributed by atoms with E-state index in [1.54, 1.807) is 0 Å². The monoisotopic (exact) mass is 353 g/mol. The second-order valence-electron chi connectivity index (χ2n) is 6.36. The van der Waals surface area contributed by atoms with Crippen molar-refractivity contribution in [3.8, 4) is 11.1 Å². The predicted molar refractivity (Wildman–Crippen MR) is 99.5 cm³/mol. The molecular weight excluding hydrogens is 330 g/mol. The van der Waals surface area contributed by atoms with Crippen LogP contribution in [0.4, 0.5) is 4.79 Å². The summed E-state index contributed by atoms with van der Waals surface area (Å²) in [6.07, 6.45) is 0.348. The molecular formula is C20H23N3O3. The highest BCUT2D eigenvalue weighted by atomic mass is 16.5. The number of primary amides is 1. The molecule has 0 fully saturated rings. The summed E-state index contributed by atoms with van der Waals surface area (Å²) in [5.41, 5.74) is 15.4. The van der Waals surface area contributed by atoms with E-state index in [1.807, 2.05) is 24.3 Å². The molecule has 1 unspecified atom stereocenters. The summed E-state index contributed by atoms with van der Waals surface area (Å²) in [5, 5.41) is 2.53. The van der Waals surface area contributed by atoms with E-state index in [0.29, 0.717) is 19.4 Å². The quantitative estimate of drug-likeness (QED) is 0.708. The lowest BCUT2D eigenvalue weighted by Gasteiger charge is -2.17. The smallest absolute Gasteiger partial charge is 0.407 e. The summed E-state index contributed by atoms with van der Waals surface area (Å²) in [5.74, 6) is -0.615. The zero-order valence-electron chi connectivity index (χ0n) is 14.5. The lowest BCUT2D eigenvalue weighted by molar-refractivity contribution is -0.120. The maximum absolute atomic E-state index is 12.1. The molecule has 0 saturated heterocycles. The number of nitrogens with two attached hydrogens (primary N) is 2. The van der Waals surface area contributed by atoms with Crippen molar-refractivity contribution in [1.29, 1.82) is 0 Å². The largest absolute Gasteiger partial charge is 0.449 e. The van der Waals surface area contributed by atoms with E-state index >= 15 is 0 Å². The van der Waals surface area contributed by atoms with Gasteiger partial charge in [-0.25, -0.2) is 4.79 Å². The standard InChI is InChI=1S/C20H23N3O3/c21-11-5-10-18(19(22)24)23-20(25)26-12-17-15-8-3-1-6-13(15)14-7-2-4-9-16(14)17/h1-4,6-9,17-18H,5,10-12,21H2,(H2,22,24)(H,23,25). The van der Waals surface area contributed by atoms with Crippen LogP contribution in [0.25, 0.3) is 11.1 Å². The Morgan fingerprint density at radius 2 is 1.62 bits per heavy atom. The van der Waals surface area contributed by atoms with E-state index < -0.39 is 18.0 Å². The van der Waals surface area contributed by atoms with Gasteiger partial charge in [0.15, 0.2) is 0 Å². The maximum Gasteiger partial charge on any atom is 0.407 e. The number of benzene rings is 2. The van der Waals surface area contributed by atoms with E-state index in [1.165, 1.54) is 0 Å². The number of rotatable bonds is 7. The Hall–Kier alpha value is -2.86. The normalized spacial score (nSPS) is 13.6. The zero-order valence-corrected chi connectivity index (χ0v) is 14.5. The van der Waals surface area contributed by atoms with E-state index in [9.17, 15) is 9.59 Å². The first-order valence-corrected chi connectivity index (χ1v) is 8.72. The molecule has 2 amide bonds. The molecule has 0 heterocycles. The molecule has 2 aromatic carbocycles. The van der Waals surface area contributed by atoms with Crippen LogP contribution < -0.4 is 16.8 Å². The van der Waals surface area contributed by atoms with Gasteiger partial charge < -0.3 is 21.5 Å². The van der Waals surface area contributed by atoms with Gasteiger partial charge in [-0.2, -0.15) is 0 Å². The summed E-state index contributed by atoms with van der Waals surface area (Å²) >= 11 is 0. The fraction of sp³-hybridized carbons (Fsp3) is 0.300. The number of hydrogen-bond acceptors (Lipinski definition) is 4. The van der Waals surface area contributed by atoms with Crippen LogP contribution in [0.3, 0.4) is 0 Å². The lowest BCUT2D eigenvalue weighted by atomic mass is 9.98. The van der Waals surface area contributed by atoms with Crippen molar-refractivity contribution in [2.45, 2.75) is 24.8 Å². The second-order valence-corrected chi connectivity index (χ2v) is 6.36. The van der Waals surface area contributed by atoms with Crippen LogP contribution in [0.2, 0.25) is 0 Å². The van der Waals surface area contributed by atoms with Gasteiger partial charge in [-0.05, 0) is 41.6 Å². The number of nitrogens with one attached hydrogen (secondary N) is 1. The summed E-state index contributed by atoms with van der Waals surface area (Å²) in [6.45, 7) is 0.623. The Labute approximate surface area is 152 Å². The van der Waals surface area contributed by atoms with E-state index in [-0.39, 0.29) is 12.5 Å². The van der Waals surface area contributed by atoms with Gasteiger partial charge >= 0.3 is 6.09 Å². The number of alkyl carbamates (subject to hydrolysis) is 1. The third-order valence-electron chi connectivity index (χ3n) is 4.68. The van der Waals surface area contributed by atoms with Gasteiger partial charge in [-0.1, -0.05) is 48.5 Å². The van der Waals surface area contributed by atoms with Crippen molar-refractivity contribution in [2.75, 3.05) is 13.2 Å². The summed E-state index contributed by atoms with van der Waals surface area (Å²) < 4.78 is 5.41. The van der Waals surface area contributed by atoms with Gasteiger partial charge in [0.05, 0.1) is 0 Å². The fourth-order valence-corrected chi connectivity index (χ4v) is 3.39. The van der Waals surface area contributed by atoms with Crippen LogP contribution in [0, 0.1) is 0 Å². The average Bonchev–Trinajstić information content (AvgIpc) is 2.97. The molecule has 0 radical (unpaired) electrons. The highest BCUT2D eigenvalue weighted by Crippen LogP contribution is 2.44.